The second-order valence-electron chi connectivity index (χ2n) is 3.47. The molecule has 0 aliphatic heterocycles. The normalized spacial score (nSPS) is 18.7. The number of nitrogens with two attached hydrogens (primary N) is 1. The van der Waals surface area contributed by atoms with E-state index in [1.807, 2.05) is 10.9 Å². The highest BCUT2D eigenvalue weighted by molar-refractivity contribution is 7.07. The molecule has 0 aromatic carbocycles. The van der Waals surface area contributed by atoms with Crippen LogP contribution in [0.4, 0.5) is 0 Å². The van der Waals surface area contributed by atoms with E-state index in [0.717, 1.165) is 12.1 Å². The molecule has 0 amide bonds. The first-order valence-electron chi connectivity index (χ1n) is 4.26. The Bertz CT molecular complexity index is 229. The van der Waals surface area contributed by atoms with Crippen LogP contribution in [0.15, 0.2) is 10.9 Å². The standard InChI is InChI=1S/C9H16N2S/c1-4-7(2)9(3,10)8-5-12-6-11-8/h5-7H,4,10H2,1-3H3. The molecule has 1 heterocycles. The van der Waals surface area contributed by atoms with Crippen molar-refractivity contribution in [3.8, 4) is 0 Å². The van der Waals surface area contributed by atoms with Crippen molar-refractivity contribution in [3.63, 3.8) is 0 Å². The highest BCUT2D eigenvalue weighted by Crippen LogP contribution is 2.27. The summed E-state index contributed by atoms with van der Waals surface area (Å²) in [5.41, 5.74) is 8.76. The summed E-state index contributed by atoms with van der Waals surface area (Å²) in [6.07, 6.45) is 1.09. The highest BCUT2D eigenvalue weighted by atomic mass is 32.1. The van der Waals surface area contributed by atoms with E-state index >= 15 is 0 Å². The Hall–Kier alpha value is -0.410. The van der Waals surface area contributed by atoms with Gasteiger partial charge in [0.25, 0.3) is 0 Å². The Morgan fingerprint density at radius 3 is 2.83 bits per heavy atom. The molecule has 0 fully saturated rings. The van der Waals surface area contributed by atoms with Gasteiger partial charge in [0.05, 0.1) is 16.7 Å². The summed E-state index contributed by atoms with van der Waals surface area (Å²) >= 11 is 1.60. The first kappa shape index (κ1) is 9.68. The summed E-state index contributed by atoms with van der Waals surface area (Å²) in [5.74, 6) is 0.472. The molecule has 1 aromatic rings. The zero-order valence-corrected chi connectivity index (χ0v) is 8.69. The van der Waals surface area contributed by atoms with Crippen molar-refractivity contribution >= 4 is 11.3 Å². The third kappa shape index (κ3) is 1.67. The van der Waals surface area contributed by atoms with Crippen LogP contribution < -0.4 is 5.73 Å². The molecule has 0 radical (unpaired) electrons. The van der Waals surface area contributed by atoms with Gasteiger partial charge in [-0.2, -0.15) is 0 Å². The Morgan fingerprint density at radius 2 is 2.42 bits per heavy atom. The van der Waals surface area contributed by atoms with Gasteiger partial charge in [0.15, 0.2) is 0 Å². The van der Waals surface area contributed by atoms with E-state index in [1.165, 1.54) is 0 Å². The topological polar surface area (TPSA) is 38.9 Å². The lowest BCUT2D eigenvalue weighted by Gasteiger charge is -2.29. The SMILES string of the molecule is CCC(C)C(C)(N)c1cscn1. The minimum Gasteiger partial charge on any atom is -0.320 e. The molecule has 0 saturated carbocycles. The quantitative estimate of drug-likeness (QED) is 0.783. The maximum Gasteiger partial charge on any atom is 0.0795 e. The van der Waals surface area contributed by atoms with E-state index in [2.05, 4.69) is 25.8 Å². The second kappa shape index (κ2) is 3.54. The number of hydrogen-bond acceptors (Lipinski definition) is 3. The van der Waals surface area contributed by atoms with Gasteiger partial charge < -0.3 is 5.73 Å². The summed E-state index contributed by atoms with van der Waals surface area (Å²) in [7, 11) is 0. The fourth-order valence-electron chi connectivity index (χ4n) is 1.16. The maximum atomic E-state index is 6.18. The number of aromatic nitrogens is 1. The van der Waals surface area contributed by atoms with Gasteiger partial charge >= 0.3 is 0 Å². The van der Waals surface area contributed by atoms with Gasteiger partial charge in [-0.05, 0) is 12.8 Å². The molecule has 2 N–H and O–H groups in total. The van der Waals surface area contributed by atoms with Crippen molar-refractivity contribution < 1.29 is 0 Å². The zero-order chi connectivity index (χ0) is 9.19. The van der Waals surface area contributed by atoms with E-state index in [1.54, 1.807) is 11.3 Å². The monoisotopic (exact) mass is 184 g/mol. The van der Waals surface area contributed by atoms with Crippen LogP contribution in [0, 0.1) is 5.92 Å². The Kier molecular flexibility index (Phi) is 2.85. The van der Waals surface area contributed by atoms with Gasteiger partial charge in [-0.15, -0.1) is 11.3 Å². The van der Waals surface area contributed by atoms with Crippen molar-refractivity contribution in [2.24, 2.45) is 11.7 Å². The third-order valence-corrected chi connectivity index (χ3v) is 3.21. The molecule has 0 saturated heterocycles. The van der Waals surface area contributed by atoms with Crippen LogP contribution >= 0.6 is 11.3 Å². The maximum absolute atomic E-state index is 6.18. The predicted molar refractivity (Wildman–Crippen MR) is 53.1 cm³/mol. The first-order valence-corrected chi connectivity index (χ1v) is 5.20. The summed E-state index contributed by atoms with van der Waals surface area (Å²) in [6.45, 7) is 6.37. The minimum atomic E-state index is -0.269. The smallest absolute Gasteiger partial charge is 0.0795 e. The molecule has 3 heteroatoms. The molecule has 0 bridgehead atoms. The molecule has 2 nitrogen and oxygen atoms in total. The van der Waals surface area contributed by atoms with Crippen molar-refractivity contribution in [2.75, 3.05) is 0 Å². The number of thiazole rings is 1. The minimum absolute atomic E-state index is 0.269. The molecule has 2 atom stereocenters. The summed E-state index contributed by atoms with van der Waals surface area (Å²) in [5, 5.41) is 2.03. The van der Waals surface area contributed by atoms with E-state index < -0.39 is 0 Å². The molecule has 2 unspecified atom stereocenters. The molecule has 0 aliphatic rings. The fraction of sp³-hybridized carbons (Fsp3) is 0.667. The van der Waals surface area contributed by atoms with Gasteiger partial charge in [-0.1, -0.05) is 20.3 Å². The van der Waals surface area contributed by atoms with Crippen LogP contribution in [-0.4, -0.2) is 4.98 Å². The Morgan fingerprint density at radius 1 is 1.75 bits per heavy atom. The predicted octanol–water partition coefficient (Wildman–Crippen LogP) is 2.36. The average molecular weight is 184 g/mol. The third-order valence-electron chi connectivity index (χ3n) is 2.62. The van der Waals surface area contributed by atoms with Gasteiger partial charge in [-0.25, -0.2) is 4.98 Å². The lowest BCUT2D eigenvalue weighted by molar-refractivity contribution is 0.309. The van der Waals surface area contributed by atoms with E-state index in [4.69, 9.17) is 5.73 Å². The molecular weight excluding hydrogens is 168 g/mol. The molecule has 0 spiro atoms. The molecule has 12 heavy (non-hydrogen) atoms. The number of rotatable bonds is 3. The number of hydrogen-bond donors (Lipinski definition) is 1. The van der Waals surface area contributed by atoms with Crippen LogP contribution in [0.1, 0.15) is 32.9 Å². The van der Waals surface area contributed by atoms with E-state index in [0.29, 0.717) is 5.92 Å². The summed E-state index contributed by atoms with van der Waals surface area (Å²) in [4.78, 5) is 4.25. The lowest BCUT2D eigenvalue weighted by Crippen LogP contribution is -2.39. The van der Waals surface area contributed by atoms with Crippen LogP contribution in [-0.2, 0) is 5.54 Å². The summed E-state index contributed by atoms with van der Waals surface area (Å²) in [6, 6.07) is 0. The van der Waals surface area contributed by atoms with Crippen molar-refractivity contribution in [2.45, 2.75) is 32.7 Å². The van der Waals surface area contributed by atoms with Crippen LogP contribution in [0.25, 0.3) is 0 Å². The van der Waals surface area contributed by atoms with Crippen molar-refractivity contribution in [3.05, 3.63) is 16.6 Å². The lowest BCUT2D eigenvalue weighted by atomic mass is 9.84. The Labute approximate surface area is 77.8 Å². The number of nitrogens with zero attached hydrogens (tertiary/aromatic N) is 1. The van der Waals surface area contributed by atoms with Gasteiger partial charge in [0.2, 0.25) is 0 Å². The van der Waals surface area contributed by atoms with Crippen LogP contribution in [0.3, 0.4) is 0 Å². The largest absolute Gasteiger partial charge is 0.320 e. The van der Waals surface area contributed by atoms with E-state index in [-0.39, 0.29) is 5.54 Å². The Balaban J connectivity index is 2.85. The van der Waals surface area contributed by atoms with Crippen molar-refractivity contribution in [1.29, 1.82) is 0 Å². The second-order valence-corrected chi connectivity index (χ2v) is 4.18. The highest BCUT2D eigenvalue weighted by Gasteiger charge is 2.28. The average Bonchev–Trinajstić information content (AvgIpc) is 2.55. The molecular formula is C9H16N2S. The molecule has 1 aromatic heterocycles. The van der Waals surface area contributed by atoms with Crippen LogP contribution in [0.5, 0.6) is 0 Å². The zero-order valence-electron chi connectivity index (χ0n) is 7.87. The van der Waals surface area contributed by atoms with Gasteiger partial charge in [-0.3, -0.25) is 0 Å². The molecule has 1 rings (SSSR count). The molecule has 68 valence electrons. The fourth-order valence-corrected chi connectivity index (χ4v) is 1.83. The summed E-state index contributed by atoms with van der Waals surface area (Å²) < 4.78 is 0. The van der Waals surface area contributed by atoms with Gasteiger partial charge in [0, 0.05) is 5.38 Å². The van der Waals surface area contributed by atoms with E-state index in [9.17, 15) is 0 Å². The van der Waals surface area contributed by atoms with Crippen LogP contribution in [0.2, 0.25) is 0 Å². The van der Waals surface area contributed by atoms with Gasteiger partial charge in [0.1, 0.15) is 0 Å². The first-order chi connectivity index (χ1) is 5.59. The van der Waals surface area contributed by atoms with Crippen molar-refractivity contribution in [1.82, 2.24) is 4.98 Å². The molecule has 0 aliphatic carbocycles.